The molecule has 5 nitrogen and oxygen atoms in total. The Morgan fingerprint density at radius 1 is 0.941 bits per heavy atom. The van der Waals surface area contributed by atoms with Crippen LogP contribution in [-0.2, 0) is 16.1 Å². The van der Waals surface area contributed by atoms with Crippen LogP contribution in [0, 0.1) is 13.8 Å². The summed E-state index contributed by atoms with van der Waals surface area (Å²) in [6.07, 6.45) is 3.65. The highest BCUT2D eigenvalue weighted by atomic mass is 32.1. The summed E-state index contributed by atoms with van der Waals surface area (Å²) in [5, 5.41) is 3.75. The highest BCUT2D eigenvalue weighted by molar-refractivity contribution is 7.80. The first-order valence-electron chi connectivity index (χ1n) is 11.0. The van der Waals surface area contributed by atoms with Gasteiger partial charge < -0.3 is 4.57 Å². The van der Waals surface area contributed by atoms with E-state index in [1.54, 1.807) is 6.08 Å². The molecule has 0 aliphatic carbocycles. The highest BCUT2D eigenvalue weighted by Crippen LogP contribution is 2.29. The Bertz CT molecular complexity index is 1480. The van der Waals surface area contributed by atoms with Gasteiger partial charge in [-0.2, -0.15) is 0 Å². The molecule has 0 atom stereocenters. The molecule has 168 valence electrons. The van der Waals surface area contributed by atoms with Crippen LogP contribution in [-0.4, -0.2) is 21.5 Å². The number of amides is 2. The number of aryl methyl sites for hydroxylation is 2. The van der Waals surface area contributed by atoms with Gasteiger partial charge in [0.2, 0.25) is 0 Å². The second kappa shape index (κ2) is 8.72. The molecule has 0 unspecified atom stereocenters. The van der Waals surface area contributed by atoms with Crippen LogP contribution in [0.25, 0.3) is 17.0 Å². The second-order valence-corrected chi connectivity index (χ2v) is 8.85. The van der Waals surface area contributed by atoms with Gasteiger partial charge in [-0.3, -0.25) is 19.8 Å². The summed E-state index contributed by atoms with van der Waals surface area (Å²) >= 11 is 5.38. The molecule has 34 heavy (non-hydrogen) atoms. The lowest BCUT2D eigenvalue weighted by atomic mass is 10.0. The Balaban J connectivity index is 1.59. The van der Waals surface area contributed by atoms with Crippen molar-refractivity contribution in [2.45, 2.75) is 20.4 Å². The first kappa shape index (κ1) is 21.8. The van der Waals surface area contributed by atoms with Crippen LogP contribution in [0.5, 0.6) is 0 Å². The maximum absolute atomic E-state index is 13.6. The van der Waals surface area contributed by atoms with Gasteiger partial charge in [-0.15, -0.1) is 0 Å². The Morgan fingerprint density at radius 3 is 2.47 bits per heavy atom. The third-order valence-electron chi connectivity index (χ3n) is 6.02. The van der Waals surface area contributed by atoms with Crippen LogP contribution in [0.1, 0.15) is 22.3 Å². The van der Waals surface area contributed by atoms with Crippen molar-refractivity contribution in [3.8, 4) is 0 Å². The number of carbonyl (C=O) groups excluding carboxylic acids is 2. The van der Waals surface area contributed by atoms with Gasteiger partial charge in [0, 0.05) is 29.2 Å². The normalized spacial score (nSPS) is 15.3. The third kappa shape index (κ3) is 3.93. The lowest BCUT2D eigenvalue weighted by molar-refractivity contribution is -0.122. The van der Waals surface area contributed by atoms with Gasteiger partial charge in [0.15, 0.2) is 5.11 Å². The average molecular weight is 466 g/mol. The number of carbonyl (C=O) groups is 2. The van der Waals surface area contributed by atoms with Crippen LogP contribution in [0.4, 0.5) is 5.69 Å². The first-order valence-corrected chi connectivity index (χ1v) is 11.4. The molecule has 0 spiro atoms. The molecule has 2 heterocycles. The SMILES string of the molecule is Cc1ccc(C)c(N2C(=O)C(=Cc3cn(Cc4ccccc4)c4ccccc34)C(=O)NC2=S)c1. The topological polar surface area (TPSA) is 54.3 Å². The second-order valence-electron chi connectivity index (χ2n) is 8.46. The number of fused-ring (bicyclic) bond motifs is 1. The summed E-state index contributed by atoms with van der Waals surface area (Å²) in [6, 6.07) is 24.0. The lowest BCUT2D eigenvalue weighted by Gasteiger charge is -2.30. The predicted molar refractivity (Wildman–Crippen MR) is 140 cm³/mol. The summed E-state index contributed by atoms with van der Waals surface area (Å²) in [7, 11) is 0. The Morgan fingerprint density at radius 2 is 1.68 bits per heavy atom. The molecule has 2 amide bonds. The molecular formula is C28H23N3O2S. The van der Waals surface area contributed by atoms with Crippen LogP contribution >= 0.6 is 12.2 Å². The molecule has 1 aliphatic rings. The molecule has 1 saturated heterocycles. The van der Waals surface area contributed by atoms with Crippen LogP contribution < -0.4 is 10.2 Å². The first-order chi connectivity index (χ1) is 16.4. The van der Waals surface area contributed by atoms with E-state index in [1.807, 2.05) is 80.7 Å². The van der Waals surface area contributed by atoms with Gasteiger partial charge in [0.1, 0.15) is 5.57 Å². The van der Waals surface area contributed by atoms with Crippen molar-refractivity contribution in [2.75, 3.05) is 4.90 Å². The van der Waals surface area contributed by atoms with Crippen LogP contribution in [0.3, 0.4) is 0 Å². The monoisotopic (exact) mass is 465 g/mol. The lowest BCUT2D eigenvalue weighted by Crippen LogP contribution is -2.54. The van der Waals surface area contributed by atoms with E-state index in [1.165, 1.54) is 10.5 Å². The van der Waals surface area contributed by atoms with E-state index in [0.717, 1.165) is 27.6 Å². The number of aromatic nitrogens is 1. The van der Waals surface area contributed by atoms with Gasteiger partial charge in [-0.1, -0.05) is 60.7 Å². The van der Waals surface area contributed by atoms with Crippen molar-refractivity contribution in [1.82, 2.24) is 9.88 Å². The standard InChI is InChI=1S/C28H23N3O2S/c1-18-12-13-19(2)25(14-18)31-27(33)23(26(32)29-28(31)34)15-21-17-30(16-20-8-4-3-5-9-20)24-11-7-6-10-22(21)24/h3-15,17H,16H2,1-2H3,(H,29,32,34). The quantitative estimate of drug-likeness (QED) is 0.258. The summed E-state index contributed by atoms with van der Waals surface area (Å²) < 4.78 is 2.13. The minimum atomic E-state index is -0.489. The number of rotatable bonds is 4. The van der Waals surface area contributed by atoms with Gasteiger partial charge in [0.05, 0.1) is 5.69 Å². The molecule has 1 aromatic heterocycles. The zero-order valence-corrected chi connectivity index (χ0v) is 19.7. The summed E-state index contributed by atoms with van der Waals surface area (Å²) in [5.74, 6) is -0.918. The Kier molecular flexibility index (Phi) is 5.59. The Labute approximate surface area is 203 Å². The molecule has 0 radical (unpaired) electrons. The van der Waals surface area contributed by atoms with Crippen molar-refractivity contribution in [3.63, 3.8) is 0 Å². The van der Waals surface area contributed by atoms with E-state index >= 15 is 0 Å². The van der Waals surface area contributed by atoms with Crippen LogP contribution in [0.2, 0.25) is 0 Å². The molecule has 1 aliphatic heterocycles. The molecule has 5 rings (SSSR count). The summed E-state index contributed by atoms with van der Waals surface area (Å²) in [4.78, 5) is 27.8. The van der Waals surface area contributed by atoms with E-state index in [0.29, 0.717) is 12.2 Å². The fourth-order valence-electron chi connectivity index (χ4n) is 4.29. The minimum Gasteiger partial charge on any atom is -0.342 e. The molecule has 0 saturated carbocycles. The van der Waals surface area contributed by atoms with E-state index in [2.05, 4.69) is 22.0 Å². The molecule has 3 aromatic carbocycles. The van der Waals surface area contributed by atoms with Crippen molar-refractivity contribution < 1.29 is 9.59 Å². The van der Waals surface area contributed by atoms with Crippen molar-refractivity contribution >= 4 is 51.8 Å². The molecule has 1 fully saturated rings. The zero-order valence-electron chi connectivity index (χ0n) is 18.9. The number of nitrogens with zero attached hydrogens (tertiary/aromatic N) is 2. The van der Waals surface area contributed by atoms with Crippen LogP contribution in [0.15, 0.2) is 84.6 Å². The van der Waals surface area contributed by atoms with Gasteiger partial charge >= 0.3 is 0 Å². The number of thiocarbonyl (C=S) groups is 1. The predicted octanol–water partition coefficient (Wildman–Crippen LogP) is 5.14. The third-order valence-corrected chi connectivity index (χ3v) is 6.31. The summed E-state index contributed by atoms with van der Waals surface area (Å²) in [6.45, 7) is 4.56. The van der Waals surface area contributed by atoms with Gasteiger partial charge in [-0.25, -0.2) is 0 Å². The number of nitrogens with one attached hydrogen (secondary N) is 1. The molecule has 1 N–H and O–H groups in total. The van der Waals surface area contributed by atoms with Gasteiger partial charge in [-0.05, 0) is 61.0 Å². The van der Waals surface area contributed by atoms with Crippen molar-refractivity contribution in [2.24, 2.45) is 0 Å². The smallest absolute Gasteiger partial charge is 0.270 e. The van der Waals surface area contributed by atoms with E-state index in [-0.39, 0.29) is 10.7 Å². The molecule has 4 aromatic rings. The number of hydrogen-bond acceptors (Lipinski definition) is 3. The van der Waals surface area contributed by atoms with E-state index in [4.69, 9.17) is 12.2 Å². The number of benzene rings is 3. The van der Waals surface area contributed by atoms with Crippen molar-refractivity contribution in [1.29, 1.82) is 0 Å². The minimum absolute atomic E-state index is 0.0529. The number of hydrogen-bond donors (Lipinski definition) is 1. The van der Waals surface area contributed by atoms with Gasteiger partial charge in [0.25, 0.3) is 11.8 Å². The fraction of sp³-hybridized carbons (Fsp3) is 0.107. The largest absolute Gasteiger partial charge is 0.342 e. The maximum Gasteiger partial charge on any atom is 0.270 e. The molecule has 0 bridgehead atoms. The fourth-order valence-corrected chi connectivity index (χ4v) is 4.57. The Hall–Kier alpha value is -4.03. The molecular weight excluding hydrogens is 442 g/mol. The average Bonchev–Trinajstić information content (AvgIpc) is 3.16. The van der Waals surface area contributed by atoms with E-state index in [9.17, 15) is 9.59 Å². The van der Waals surface area contributed by atoms with Crippen molar-refractivity contribution in [3.05, 3.63) is 107 Å². The highest BCUT2D eigenvalue weighted by Gasteiger charge is 2.35. The summed E-state index contributed by atoms with van der Waals surface area (Å²) in [5.41, 5.74) is 5.63. The number of anilines is 1. The maximum atomic E-state index is 13.6. The van der Waals surface area contributed by atoms with E-state index < -0.39 is 11.8 Å². The number of para-hydroxylation sites is 1. The molecule has 6 heteroatoms. The zero-order chi connectivity index (χ0) is 23.8.